The molecule has 0 aromatic heterocycles. The Morgan fingerprint density at radius 3 is 2.56 bits per heavy atom. The number of rotatable bonds is 2. The van der Waals surface area contributed by atoms with Crippen LogP contribution in [-0.4, -0.2) is 27.5 Å². The number of piperidine rings is 1. The molecule has 0 saturated carbocycles. The minimum atomic E-state index is -0.189. The highest BCUT2D eigenvalue weighted by atomic mass is 127. The number of nitrogens with zero attached hydrogens (tertiary/aromatic N) is 1. The highest BCUT2D eigenvalue weighted by molar-refractivity contribution is 14.1. The third-order valence-electron chi connectivity index (χ3n) is 3.27. The van der Waals surface area contributed by atoms with E-state index in [9.17, 15) is 4.79 Å². The standard InChI is InChI=1S/C14H18INO2/c1-14(15)7-9-16(10-8-14)13(17)18-11-12-5-3-2-4-6-12/h2-6H,7-11H2,1H3. The number of ether oxygens (including phenoxy) is 1. The molecule has 0 aliphatic carbocycles. The molecule has 4 heteroatoms. The van der Waals surface area contributed by atoms with E-state index in [0.29, 0.717) is 10.0 Å². The molecular weight excluding hydrogens is 341 g/mol. The summed E-state index contributed by atoms with van der Waals surface area (Å²) in [5, 5.41) is 0. The molecule has 18 heavy (non-hydrogen) atoms. The average Bonchev–Trinajstić information content (AvgIpc) is 2.37. The van der Waals surface area contributed by atoms with E-state index in [0.717, 1.165) is 31.5 Å². The van der Waals surface area contributed by atoms with Crippen molar-refractivity contribution in [3.63, 3.8) is 0 Å². The first-order valence-electron chi connectivity index (χ1n) is 6.21. The van der Waals surface area contributed by atoms with E-state index in [1.165, 1.54) is 0 Å². The zero-order chi connectivity index (χ0) is 13.0. The summed E-state index contributed by atoms with van der Waals surface area (Å²) in [5.41, 5.74) is 1.03. The molecule has 98 valence electrons. The van der Waals surface area contributed by atoms with Crippen molar-refractivity contribution in [1.82, 2.24) is 4.90 Å². The molecular formula is C14H18INO2. The van der Waals surface area contributed by atoms with E-state index < -0.39 is 0 Å². The van der Waals surface area contributed by atoms with Crippen LogP contribution in [0.5, 0.6) is 0 Å². The van der Waals surface area contributed by atoms with Crippen LogP contribution in [0, 0.1) is 0 Å². The van der Waals surface area contributed by atoms with E-state index >= 15 is 0 Å². The fraction of sp³-hybridized carbons (Fsp3) is 0.500. The van der Waals surface area contributed by atoms with Crippen molar-refractivity contribution in [2.75, 3.05) is 13.1 Å². The molecule has 1 aliphatic heterocycles. The molecule has 1 heterocycles. The summed E-state index contributed by atoms with van der Waals surface area (Å²) in [7, 11) is 0. The third kappa shape index (κ3) is 3.86. The van der Waals surface area contributed by atoms with Gasteiger partial charge in [0.15, 0.2) is 0 Å². The van der Waals surface area contributed by atoms with Gasteiger partial charge in [-0.1, -0.05) is 59.8 Å². The van der Waals surface area contributed by atoms with Crippen molar-refractivity contribution >= 4 is 28.7 Å². The lowest BCUT2D eigenvalue weighted by molar-refractivity contribution is 0.0871. The second kappa shape index (κ2) is 5.91. The Balaban J connectivity index is 1.79. The monoisotopic (exact) mass is 359 g/mol. The fourth-order valence-electron chi connectivity index (χ4n) is 1.97. The van der Waals surface area contributed by atoms with Gasteiger partial charge < -0.3 is 9.64 Å². The van der Waals surface area contributed by atoms with E-state index in [4.69, 9.17) is 4.74 Å². The second-order valence-electron chi connectivity index (χ2n) is 4.94. The van der Waals surface area contributed by atoms with E-state index in [1.54, 1.807) is 0 Å². The number of carbonyl (C=O) groups excluding carboxylic acids is 1. The van der Waals surface area contributed by atoms with Gasteiger partial charge in [-0.05, 0) is 18.4 Å². The largest absolute Gasteiger partial charge is 0.445 e. The summed E-state index contributed by atoms with van der Waals surface area (Å²) in [5.74, 6) is 0. The number of amides is 1. The average molecular weight is 359 g/mol. The zero-order valence-corrected chi connectivity index (χ0v) is 12.7. The predicted octanol–water partition coefficient (Wildman–Crippen LogP) is 3.61. The zero-order valence-electron chi connectivity index (χ0n) is 10.6. The summed E-state index contributed by atoms with van der Waals surface area (Å²) in [6.45, 7) is 4.19. The van der Waals surface area contributed by atoms with Gasteiger partial charge in [-0.25, -0.2) is 4.79 Å². The molecule has 1 amide bonds. The van der Waals surface area contributed by atoms with Gasteiger partial charge in [-0.15, -0.1) is 0 Å². The third-order valence-corrected chi connectivity index (χ3v) is 4.35. The Bertz CT molecular complexity index is 396. The van der Waals surface area contributed by atoms with Crippen molar-refractivity contribution in [3.8, 4) is 0 Å². The number of hydrogen-bond acceptors (Lipinski definition) is 2. The lowest BCUT2D eigenvalue weighted by atomic mass is 9.99. The van der Waals surface area contributed by atoms with Crippen molar-refractivity contribution in [2.45, 2.75) is 29.8 Å². The molecule has 1 saturated heterocycles. The first kappa shape index (κ1) is 13.6. The van der Waals surface area contributed by atoms with Crippen molar-refractivity contribution in [1.29, 1.82) is 0 Å². The highest BCUT2D eigenvalue weighted by Gasteiger charge is 2.29. The topological polar surface area (TPSA) is 29.5 Å². The van der Waals surface area contributed by atoms with Gasteiger partial charge in [0.25, 0.3) is 0 Å². The van der Waals surface area contributed by atoms with E-state index in [2.05, 4.69) is 29.5 Å². The number of benzene rings is 1. The molecule has 1 aromatic carbocycles. The maximum Gasteiger partial charge on any atom is 0.410 e. The SMILES string of the molecule is CC1(I)CCN(C(=O)OCc2ccccc2)CC1. The van der Waals surface area contributed by atoms with Gasteiger partial charge in [0, 0.05) is 16.5 Å². The van der Waals surface area contributed by atoms with Crippen LogP contribution in [0.3, 0.4) is 0 Å². The van der Waals surface area contributed by atoms with Crippen molar-refractivity contribution < 1.29 is 9.53 Å². The molecule has 1 fully saturated rings. The molecule has 0 radical (unpaired) electrons. The van der Waals surface area contributed by atoms with Crippen LogP contribution in [-0.2, 0) is 11.3 Å². The normalized spacial score (nSPS) is 18.4. The van der Waals surface area contributed by atoms with Gasteiger partial charge in [-0.2, -0.15) is 0 Å². The maximum atomic E-state index is 11.9. The Morgan fingerprint density at radius 1 is 1.33 bits per heavy atom. The lowest BCUT2D eigenvalue weighted by Gasteiger charge is -2.34. The van der Waals surface area contributed by atoms with E-state index in [1.807, 2.05) is 35.2 Å². The predicted molar refractivity (Wildman–Crippen MR) is 79.9 cm³/mol. The lowest BCUT2D eigenvalue weighted by Crippen LogP contribution is -2.42. The smallest absolute Gasteiger partial charge is 0.410 e. The summed E-state index contributed by atoms with van der Waals surface area (Å²) in [6.07, 6.45) is 1.88. The second-order valence-corrected chi connectivity index (χ2v) is 7.54. The fourth-order valence-corrected chi connectivity index (χ4v) is 2.45. The molecule has 2 rings (SSSR count). The molecule has 3 nitrogen and oxygen atoms in total. The van der Waals surface area contributed by atoms with Gasteiger partial charge >= 0.3 is 6.09 Å². The van der Waals surface area contributed by atoms with Gasteiger partial charge in [0.05, 0.1) is 0 Å². The Morgan fingerprint density at radius 2 is 1.94 bits per heavy atom. The molecule has 1 aromatic rings. The summed E-state index contributed by atoms with van der Waals surface area (Å²) in [4.78, 5) is 13.7. The van der Waals surface area contributed by atoms with Crippen LogP contribution in [0.15, 0.2) is 30.3 Å². The summed E-state index contributed by atoms with van der Waals surface area (Å²) < 4.78 is 5.65. The van der Waals surface area contributed by atoms with Gasteiger partial charge in [-0.3, -0.25) is 0 Å². The van der Waals surface area contributed by atoms with Gasteiger partial charge in [0.2, 0.25) is 0 Å². The summed E-state index contributed by atoms with van der Waals surface area (Å²) in [6, 6.07) is 9.78. The number of carbonyl (C=O) groups is 1. The highest BCUT2D eigenvalue weighted by Crippen LogP contribution is 2.31. The van der Waals surface area contributed by atoms with Crippen LogP contribution < -0.4 is 0 Å². The molecule has 0 unspecified atom stereocenters. The van der Waals surface area contributed by atoms with E-state index in [-0.39, 0.29) is 6.09 Å². The Hall–Kier alpha value is -0.780. The van der Waals surface area contributed by atoms with Crippen LogP contribution in [0.2, 0.25) is 0 Å². The van der Waals surface area contributed by atoms with Crippen LogP contribution in [0.4, 0.5) is 4.79 Å². The Labute approximate surface area is 122 Å². The minimum Gasteiger partial charge on any atom is -0.445 e. The van der Waals surface area contributed by atoms with Crippen LogP contribution in [0.25, 0.3) is 0 Å². The maximum absolute atomic E-state index is 11.9. The molecule has 0 atom stereocenters. The summed E-state index contributed by atoms with van der Waals surface area (Å²) >= 11 is 2.48. The first-order valence-corrected chi connectivity index (χ1v) is 7.29. The van der Waals surface area contributed by atoms with Crippen LogP contribution in [0.1, 0.15) is 25.3 Å². The number of likely N-dealkylation sites (tertiary alicyclic amines) is 1. The number of halogens is 1. The number of alkyl halides is 1. The Kier molecular flexibility index (Phi) is 4.48. The van der Waals surface area contributed by atoms with Crippen molar-refractivity contribution in [3.05, 3.63) is 35.9 Å². The molecule has 0 N–H and O–H groups in total. The molecule has 1 aliphatic rings. The van der Waals surface area contributed by atoms with Crippen molar-refractivity contribution in [2.24, 2.45) is 0 Å². The van der Waals surface area contributed by atoms with Crippen LogP contribution >= 0.6 is 22.6 Å². The number of hydrogen-bond donors (Lipinski definition) is 0. The van der Waals surface area contributed by atoms with Gasteiger partial charge in [0.1, 0.15) is 6.61 Å². The molecule has 0 bridgehead atoms. The minimum absolute atomic E-state index is 0.189. The first-order chi connectivity index (χ1) is 8.57. The quantitative estimate of drug-likeness (QED) is 0.596. The molecule has 0 spiro atoms.